The average Bonchev–Trinajstić information content (AvgIpc) is 2.88. The van der Waals surface area contributed by atoms with Gasteiger partial charge in [-0.3, -0.25) is 19.5 Å². The zero-order chi connectivity index (χ0) is 26.3. The SMILES string of the molecule is CC1(O)CCC(C2(O)CCN(C(=O)c3ccc(NS(=O)(=O)c4cccc5nccnc45)cc3)CC2)CC1. The van der Waals surface area contributed by atoms with Crippen LogP contribution in [0.5, 0.6) is 0 Å². The molecule has 9 nitrogen and oxygen atoms in total. The van der Waals surface area contributed by atoms with Gasteiger partial charge in [0, 0.05) is 36.7 Å². The molecule has 0 radical (unpaired) electrons. The van der Waals surface area contributed by atoms with E-state index in [9.17, 15) is 23.4 Å². The number of aliphatic hydroxyl groups is 2. The monoisotopic (exact) mass is 524 g/mol. The van der Waals surface area contributed by atoms with Gasteiger partial charge in [-0.05, 0) is 87.8 Å². The van der Waals surface area contributed by atoms with Crippen molar-refractivity contribution in [3.05, 3.63) is 60.4 Å². The van der Waals surface area contributed by atoms with Gasteiger partial charge in [-0.1, -0.05) is 6.07 Å². The lowest BCUT2D eigenvalue weighted by molar-refractivity contribution is -0.0954. The van der Waals surface area contributed by atoms with Crippen LogP contribution in [-0.2, 0) is 10.0 Å². The quantitative estimate of drug-likeness (QED) is 0.466. The van der Waals surface area contributed by atoms with Crippen LogP contribution in [0, 0.1) is 5.92 Å². The molecule has 1 aliphatic heterocycles. The van der Waals surface area contributed by atoms with Crippen molar-refractivity contribution >= 4 is 32.7 Å². The van der Waals surface area contributed by atoms with Gasteiger partial charge in [0.05, 0.1) is 16.7 Å². The normalized spacial score (nSPS) is 24.1. The Balaban J connectivity index is 1.22. The zero-order valence-corrected chi connectivity index (χ0v) is 21.6. The number of rotatable bonds is 5. The van der Waals surface area contributed by atoms with Gasteiger partial charge < -0.3 is 15.1 Å². The molecule has 2 heterocycles. The summed E-state index contributed by atoms with van der Waals surface area (Å²) >= 11 is 0. The van der Waals surface area contributed by atoms with E-state index in [2.05, 4.69) is 14.7 Å². The maximum absolute atomic E-state index is 13.1. The molecule has 0 spiro atoms. The second-order valence-electron chi connectivity index (χ2n) is 10.5. The number of anilines is 1. The van der Waals surface area contributed by atoms with Crippen LogP contribution in [0.1, 0.15) is 55.8 Å². The van der Waals surface area contributed by atoms with E-state index in [4.69, 9.17) is 0 Å². The minimum Gasteiger partial charge on any atom is -0.390 e. The number of sulfonamides is 1. The summed E-state index contributed by atoms with van der Waals surface area (Å²) in [7, 11) is -3.92. The molecule has 0 atom stereocenters. The number of likely N-dealkylation sites (tertiary alicyclic amines) is 1. The highest BCUT2D eigenvalue weighted by Gasteiger charge is 2.43. The Bertz CT molecular complexity index is 1380. The maximum Gasteiger partial charge on any atom is 0.264 e. The van der Waals surface area contributed by atoms with Crippen LogP contribution in [0.2, 0.25) is 0 Å². The number of para-hydroxylation sites is 1. The summed E-state index contributed by atoms with van der Waals surface area (Å²) in [6.07, 6.45) is 6.93. The molecular formula is C27H32N4O5S. The molecule has 2 aliphatic rings. The van der Waals surface area contributed by atoms with Crippen molar-refractivity contribution in [3.8, 4) is 0 Å². The second kappa shape index (κ2) is 9.66. The van der Waals surface area contributed by atoms with Crippen molar-refractivity contribution in [1.82, 2.24) is 14.9 Å². The number of fused-ring (bicyclic) bond motifs is 1. The van der Waals surface area contributed by atoms with E-state index in [1.807, 2.05) is 6.92 Å². The lowest BCUT2D eigenvalue weighted by Gasteiger charge is -2.46. The van der Waals surface area contributed by atoms with Gasteiger partial charge in [0.15, 0.2) is 0 Å². The topological polar surface area (TPSA) is 133 Å². The molecule has 0 unspecified atom stereocenters. The van der Waals surface area contributed by atoms with E-state index >= 15 is 0 Å². The molecule has 37 heavy (non-hydrogen) atoms. The van der Waals surface area contributed by atoms with Crippen molar-refractivity contribution in [2.75, 3.05) is 17.8 Å². The van der Waals surface area contributed by atoms with E-state index < -0.39 is 21.2 Å². The molecule has 2 aromatic carbocycles. The number of carbonyl (C=O) groups excluding carboxylic acids is 1. The number of hydrogen-bond acceptors (Lipinski definition) is 7. The number of piperidine rings is 1. The van der Waals surface area contributed by atoms with E-state index in [0.29, 0.717) is 55.5 Å². The Morgan fingerprint density at radius 1 is 0.973 bits per heavy atom. The molecule has 1 aliphatic carbocycles. The van der Waals surface area contributed by atoms with Crippen LogP contribution in [0.3, 0.4) is 0 Å². The highest BCUT2D eigenvalue weighted by molar-refractivity contribution is 7.93. The van der Waals surface area contributed by atoms with Crippen molar-refractivity contribution in [2.45, 2.75) is 61.5 Å². The molecule has 3 N–H and O–H groups in total. The first kappa shape index (κ1) is 25.6. The fraction of sp³-hybridized carbons (Fsp3) is 0.444. The molecule has 3 aromatic rings. The van der Waals surface area contributed by atoms with E-state index in [1.54, 1.807) is 41.3 Å². The first-order chi connectivity index (χ1) is 17.6. The van der Waals surface area contributed by atoms with Gasteiger partial charge in [-0.25, -0.2) is 8.42 Å². The first-order valence-electron chi connectivity index (χ1n) is 12.6. The van der Waals surface area contributed by atoms with Crippen LogP contribution >= 0.6 is 0 Å². The minimum atomic E-state index is -3.92. The third kappa shape index (κ3) is 5.32. The third-order valence-electron chi connectivity index (χ3n) is 7.87. The predicted octanol–water partition coefficient (Wildman–Crippen LogP) is 3.34. The summed E-state index contributed by atoms with van der Waals surface area (Å²) in [6, 6.07) is 11.1. The number of nitrogens with zero attached hydrogens (tertiary/aromatic N) is 3. The number of nitrogens with one attached hydrogen (secondary N) is 1. The largest absolute Gasteiger partial charge is 0.390 e. The zero-order valence-electron chi connectivity index (χ0n) is 20.8. The Kier molecular flexibility index (Phi) is 6.68. The van der Waals surface area contributed by atoms with Gasteiger partial charge in [-0.2, -0.15) is 0 Å². The molecular weight excluding hydrogens is 492 g/mol. The molecule has 1 amide bonds. The van der Waals surface area contributed by atoms with Crippen molar-refractivity contribution < 1.29 is 23.4 Å². The molecule has 1 aromatic heterocycles. The van der Waals surface area contributed by atoms with Crippen molar-refractivity contribution in [1.29, 1.82) is 0 Å². The number of aromatic nitrogens is 2. The first-order valence-corrected chi connectivity index (χ1v) is 14.1. The average molecular weight is 525 g/mol. The fourth-order valence-corrected chi connectivity index (χ4v) is 6.76. The lowest BCUT2D eigenvalue weighted by atomic mass is 9.69. The number of carbonyl (C=O) groups is 1. The summed E-state index contributed by atoms with van der Waals surface area (Å²) < 4.78 is 28.6. The Labute approximate surface area is 216 Å². The molecule has 5 rings (SSSR count). The maximum atomic E-state index is 13.1. The summed E-state index contributed by atoms with van der Waals surface area (Å²) in [6.45, 7) is 2.76. The van der Waals surface area contributed by atoms with Crippen LogP contribution in [0.15, 0.2) is 59.8 Å². The van der Waals surface area contributed by atoms with Crippen LogP contribution in [-0.4, -0.2) is 63.7 Å². The van der Waals surface area contributed by atoms with Gasteiger partial charge in [0.25, 0.3) is 15.9 Å². The summed E-state index contributed by atoms with van der Waals surface area (Å²) in [5.41, 5.74) is 0.105. The van der Waals surface area contributed by atoms with Crippen LogP contribution in [0.4, 0.5) is 5.69 Å². The summed E-state index contributed by atoms with van der Waals surface area (Å²) in [4.78, 5) is 23.2. The van der Waals surface area contributed by atoms with Gasteiger partial charge in [0.2, 0.25) is 0 Å². The van der Waals surface area contributed by atoms with E-state index in [-0.39, 0.29) is 22.2 Å². The van der Waals surface area contributed by atoms with Crippen LogP contribution in [0.25, 0.3) is 11.0 Å². The van der Waals surface area contributed by atoms with E-state index in [0.717, 1.165) is 12.8 Å². The Hall–Kier alpha value is -3.08. The number of amides is 1. The Morgan fingerprint density at radius 3 is 2.30 bits per heavy atom. The third-order valence-corrected chi connectivity index (χ3v) is 9.29. The number of benzene rings is 2. The standard InChI is InChI=1S/C27H32N4O5S/c1-26(33)11-9-20(10-12-26)27(34)13-17-31(18-14-27)25(32)19-5-7-21(8-6-19)30-37(35,36)23-4-2-3-22-24(23)29-16-15-28-22/h2-8,15-16,20,30,33-34H,9-14,17-18H2,1H3. The summed E-state index contributed by atoms with van der Waals surface area (Å²) in [5, 5.41) is 21.5. The van der Waals surface area contributed by atoms with Crippen molar-refractivity contribution in [3.63, 3.8) is 0 Å². The number of hydrogen-bond donors (Lipinski definition) is 3. The molecule has 1 saturated heterocycles. The highest BCUT2D eigenvalue weighted by atomic mass is 32.2. The fourth-order valence-electron chi connectivity index (χ4n) is 5.54. The molecule has 0 bridgehead atoms. The molecule has 196 valence electrons. The molecule has 2 fully saturated rings. The molecule has 10 heteroatoms. The lowest BCUT2D eigenvalue weighted by Crippen LogP contribution is -2.52. The van der Waals surface area contributed by atoms with Gasteiger partial charge in [0.1, 0.15) is 10.4 Å². The summed E-state index contributed by atoms with van der Waals surface area (Å²) in [5.74, 6) is -0.00244. The smallest absolute Gasteiger partial charge is 0.264 e. The van der Waals surface area contributed by atoms with Crippen LogP contribution < -0.4 is 4.72 Å². The highest BCUT2D eigenvalue weighted by Crippen LogP contribution is 2.42. The van der Waals surface area contributed by atoms with Gasteiger partial charge >= 0.3 is 0 Å². The van der Waals surface area contributed by atoms with Crippen molar-refractivity contribution in [2.24, 2.45) is 5.92 Å². The van der Waals surface area contributed by atoms with E-state index in [1.165, 1.54) is 18.5 Å². The second-order valence-corrected chi connectivity index (χ2v) is 12.2. The predicted molar refractivity (Wildman–Crippen MR) is 139 cm³/mol. The van der Waals surface area contributed by atoms with Gasteiger partial charge in [-0.15, -0.1) is 0 Å². The molecule has 1 saturated carbocycles. The minimum absolute atomic E-state index is 0.0284. The Morgan fingerprint density at radius 2 is 1.62 bits per heavy atom.